The second kappa shape index (κ2) is 12.7. The highest BCUT2D eigenvalue weighted by molar-refractivity contribution is 6.33. The van der Waals surface area contributed by atoms with E-state index >= 15 is 0 Å². The molecule has 0 bridgehead atoms. The molecule has 0 aromatic heterocycles. The Balaban J connectivity index is 0.000000303. The number of aliphatic hydroxyl groups is 2. The molecule has 3 heterocycles. The highest BCUT2D eigenvalue weighted by atomic mass is 35.5. The molecule has 7 N–H and O–H groups in total. The van der Waals surface area contributed by atoms with E-state index in [2.05, 4.69) is 10.2 Å². The number of nitrogens with zero attached hydrogens (tertiary/aromatic N) is 1. The largest absolute Gasteiger partial charge is 0.492 e. The van der Waals surface area contributed by atoms with Crippen LogP contribution in [0.2, 0.25) is 5.02 Å². The number of likely N-dealkylation sites (tertiary alicyclic amines) is 1. The summed E-state index contributed by atoms with van der Waals surface area (Å²) in [5.41, 5.74) is 8.03. The lowest BCUT2D eigenvalue weighted by atomic mass is 9.99. The fourth-order valence-corrected chi connectivity index (χ4v) is 5.99. The van der Waals surface area contributed by atoms with E-state index in [9.17, 15) is 14.4 Å². The van der Waals surface area contributed by atoms with Crippen LogP contribution < -0.4 is 15.8 Å². The van der Waals surface area contributed by atoms with Crippen molar-refractivity contribution in [3.05, 3.63) is 22.2 Å². The smallest absolute Gasteiger partial charge is 0.335 e. The Kier molecular flexibility index (Phi) is 9.55. The summed E-state index contributed by atoms with van der Waals surface area (Å²) in [6.07, 6.45) is -0.439. The number of carboxylic acid groups (broad SMARTS) is 2. The lowest BCUT2D eigenvalue weighted by Crippen LogP contribution is -2.39. The van der Waals surface area contributed by atoms with E-state index in [1.807, 2.05) is 0 Å². The molecule has 2 unspecified atom stereocenters. The SMILES string of the molecule is Nc1c(Cl)cc(C(=O)NCC2C3CN(CC4CCOCC4)CC23)c2c1CCCO2.O=C(O)[C@H](O)[C@@H](O)C(=O)O. The van der Waals surface area contributed by atoms with Crippen molar-refractivity contribution in [2.45, 2.75) is 37.9 Å². The monoisotopic (exact) mass is 569 g/mol. The number of aliphatic carboxylic acids is 2. The molecular weight excluding hydrogens is 534 g/mol. The van der Waals surface area contributed by atoms with Gasteiger partial charge < -0.3 is 45.9 Å². The number of carbonyl (C=O) groups is 3. The van der Waals surface area contributed by atoms with Gasteiger partial charge in [0.15, 0.2) is 12.2 Å². The molecule has 2 saturated heterocycles. The first-order valence-electron chi connectivity index (χ1n) is 13.2. The zero-order valence-corrected chi connectivity index (χ0v) is 22.3. The van der Waals surface area contributed by atoms with Crippen LogP contribution in [0.3, 0.4) is 0 Å². The van der Waals surface area contributed by atoms with Gasteiger partial charge >= 0.3 is 11.9 Å². The summed E-state index contributed by atoms with van der Waals surface area (Å²) in [6.45, 7) is 6.75. The van der Waals surface area contributed by atoms with Crippen molar-refractivity contribution in [2.75, 3.05) is 51.7 Å². The average Bonchev–Trinajstić information content (AvgIpc) is 3.39. The Bertz CT molecular complexity index is 1050. The van der Waals surface area contributed by atoms with Gasteiger partial charge in [0.1, 0.15) is 5.75 Å². The van der Waals surface area contributed by atoms with Crippen molar-refractivity contribution in [1.29, 1.82) is 0 Å². The molecule has 4 aliphatic rings. The first-order valence-corrected chi connectivity index (χ1v) is 13.6. The maximum absolute atomic E-state index is 12.8. The van der Waals surface area contributed by atoms with Crippen LogP contribution in [-0.2, 0) is 20.7 Å². The summed E-state index contributed by atoms with van der Waals surface area (Å²) in [5, 5.41) is 36.1. The standard InChI is InChI=1S/C22H30ClN3O3.C4H6O6/c23-19-8-15(21-14(20(19)24)2-1-5-29-21)22(27)25-9-16-17-11-26(12-18(16)17)10-13-3-6-28-7-4-13;5-1(3(7)8)2(6)4(9)10/h8,13,16-18H,1-7,9-12,24H2,(H,25,27);1-2,5-6H,(H,7,8)(H,9,10)/t;1-,2-/m.1/s1. The molecule has 39 heavy (non-hydrogen) atoms. The van der Waals surface area contributed by atoms with Gasteiger partial charge in [-0.25, -0.2) is 9.59 Å². The number of nitrogens with one attached hydrogen (secondary N) is 1. The number of halogens is 1. The van der Waals surface area contributed by atoms with Gasteiger partial charge in [-0.15, -0.1) is 0 Å². The zero-order valence-electron chi connectivity index (χ0n) is 21.6. The highest BCUT2D eigenvalue weighted by Crippen LogP contribution is 2.51. The second-order valence-electron chi connectivity index (χ2n) is 10.6. The Labute approximate surface area is 231 Å². The van der Waals surface area contributed by atoms with Gasteiger partial charge in [-0.3, -0.25) is 4.79 Å². The minimum absolute atomic E-state index is 0.103. The molecule has 1 amide bonds. The fraction of sp³-hybridized carbons (Fsp3) is 0.654. The maximum Gasteiger partial charge on any atom is 0.335 e. The first-order chi connectivity index (χ1) is 18.6. The molecule has 1 aromatic rings. The minimum atomic E-state index is -2.27. The van der Waals surface area contributed by atoms with E-state index in [0.29, 0.717) is 34.5 Å². The zero-order chi connectivity index (χ0) is 28.3. The van der Waals surface area contributed by atoms with E-state index in [0.717, 1.165) is 55.9 Å². The number of amides is 1. The van der Waals surface area contributed by atoms with Crippen LogP contribution in [-0.4, -0.2) is 101 Å². The molecule has 4 atom stereocenters. The van der Waals surface area contributed by atoms with Crippen molar-refractivity contribution in [3.8, 4) is 5.75 Å². The third-order valence-corrected chi connectivity index (χ3v) is 8.35. The topological polar surface area (TPSA) is 192 Å². The van der Waals surface area contributed by atoms with E-state index in [-0.39, 0.29) is 5.91 Å². The minimum Gasteiger partial charge on any atom is -0.492 e. The summed E-state index contributed by atoms with van der Waals surface area (Å²) in [4.78, 5) is 35.0. The van der Waals surface area contributed by atoms with E-state index < -0.39 is 24.1 Å². The quantitative estimate of drug-likeness (QED) is 0.238. The summed E-state index contributed by atoms with van der Waals surface area (Å²) in [6, 6.07) is 1.65. The third kappa shape index (κ3) is 6.93. The lowest BCUT2D eigenvalue weighted by Gasteiger charge is -2.28. The Morgan fingerprint density at radius 2 is 1.69 bits per heavy atom. The number of benzene rings is 1. The normalized spacial score (nSPS) is 25.7. The van der Waals surface area contributed by atoms with Gasteiger partial charge in [-0.2, -0.15) is 0 Å². The van der Waals surface area contributed by atoms with Crippen LogP contribution in [0.4, 0.5) is 5.69 Å². The number of hydrogen-bond donors (Lipinski definition) is 6. The number of hydrogen-bond acceptors (Lipinski definition) is 9. The fourth-order valence-electron chi connectivity index (χ4n) is 5.76. The molecular formula is C26H36ClN3O9. The molecule has 1 aromatic carbocycles. The van der Waals surface area contributed by atoms with Crippen LogP contribution in [0.15, 0.2) is 6.07 Å². The first kappa shape index (κ1) is 29.3. The van der Waals surface area contributed by atoms with Gasteiger partial charge in [0.25, 0.3) is 5.91 Å². The number of rotatable bonds is 8. The molecule has 0 spiro atoms. The van der Waals surface area contributed by atoms with Gasteiger partial charge in [0, 0.05) is 45.0 Å². The number of nitrogens with two attached hydrogens (primary N) is 1. The molecule has 1 aliphatic carbocycles. The van der Waals surface area contributed by atoms with Crippen LogP contribution in [0.25, 0.3) is 0 Å². The van der Waals surface area contributed by atoms with Crippen molar-refractivity contribution >= 4 is 35.1 Å². The summed E-state index contributed by atoms with van der Waals surface area (Å²) >= 11 is 6.27. The molecule has 0 radical (unpaired) electrons. The number of anilines is 1. The summed E-state index contributed by atoms with van der Waals surface area (Å²) in [5.74, 6) is -0.162. The number of nitrogen functional groups attached to an aromatic ring is 1. The third-order valence-electron chi connectivity index (χ3n) is 8.04. The van der Waals surface area contributed by atoms with Crippen LogP contribution >= 0.6 is 11.6 Å². The van der Waals surface area contributed by atoms with E-state index in [4.69, 9.17) is 47.2 Å². The lowest BCUT2D eigenvalue weighted by molar-refractivity contribution is -0.165. The number of carbonyl (C=O) groups excluding carboxylic acids is 1. The number of piperidine rings is 1. The van der Waals surface area contributed by atoms with E-state index in [1.165, 1.54) is 32.5 Å². The number of ether oxygens (including phenoxy) is 2. The number of aliphatic hydroxyl groups excluding tert-OH is 2. The van der Waals surface area contributed by atoms with Crippen molar-refractivity contribution < 1.29 is 44.3 Å². The van der Waals surface area contributed by atoms with Crippen LogP contribution in [0.1, 0.15) is 35.2 Å². The van der Waals surface area contributed by atoms with Crippen molar-refractivity contribution in [3.63, 3.8) is 0 Å². The van der Waals surface area contributed by atoms with Gasteiger partial charge in [0.05, 0.1) is 22.9 Å². The van der Waals surface area contributed by atoms with Gasteiger partial charge in [0.2, 0.25) is 0 Å². The molecule has 5 rings (SSSR count). The van der Waals surface area contributed by atoms with Crippen LogP contribution in [0.5, 0.6) is 5.75 Å². The summed E-state index contributed by atoms with van der Waals surface area (Å²) < 4.78 is 11.2. The van der Waals surface area contributed by atoms with Crippen molar-refractivity contribution in [2.24, 2.45) is 23.7 Å². The highest BCUT2D eigenvalue weighted by Gasteiger charge is 2.55. The predicted octanol–water partition coefficient (Wildman–Crippen LogP) is 0.459. The van der Waals surface area contributed by atoms with Crippen LogP contribution in [0, 0.1) is 23.7 Å². The van der Waals surface area contributed by atoms with Crippen molar-refractivity contribution in [1.82, 2.24) is 10.2 Å². The predicted molar refractivity (Wildman–Crippen MR) is 140 cm³/mol. The molecule has 3 fully saturated rings. The molecule has 1 saturated carbocycles. The summed E-state index contributed by atoms with van der Waals surface area (Å²) in [7, 11) is 0. The number of fused-ring (bicyclic) bond motifs is 2. The average molecular weight is 570 g/mol. The Hall–Kier alpha value is -2.64. The molecule has 12 nitrogen and oxygen atoms in total. The van der Waals surface area contributed by atoms with Gasteiger partial charge in [-0.1, -0.05) is 11.6 Å². The second-order valence-corrected chi connectivity index (χ2v) is 11.0. The maximum atomic E-state index is 12.8. The molecule has 3 aliphatic heterocycles. The molecule has 216 valence electrons. The Morgan fingerprint density at radius 3 is 2.28 bits per heavy atom. The van der Waals surface area contributed by atoms with E-state index in [1.54, 1.807) is 6.07 Å². The van der Waals surface area contributed by atoms with Gasteiger partial charge in [-0.05, 0) is 55.4 Å². The molecule has 13 heteroatoms. The number of carboxylic acids is 2. The Morgan fingerprint density at radius 1 is 1.08 bits per heavy atom.